The Labute approximate surface area is 150 Å². The van der Waals surface area contributed by atoms with Crippen LogP contribution in [0.15, 0.2) is 53.7 Å². The van der Waals surface area contributed by atoms with E-state index in [0.717, 1.165) is 37.6 Å². The number of nitrogens with zero attached hydrogens (tertiary/aromatic N) is 2. The summed E-state index contributed by atoms with van der Waals surface area (Å²) in [7, 11) is 0. The summed E-state index contributed by atoms with van der Waals surface area (Å²) in [5.41, 5.74) is 3.58. The average Bonchev–Trinajstić information content (AvgIpc) is 3.18. The summed E-state index contributed by atoms with van der Waals surface area (Å²) in [6, 6.07) is 14.9. The topological polar surface area (TPSA) is 49.3 Å². The molecule has 2 N–H and O–H groups in total. The number of unbranched alkanes of at least 4 members (excludes halogenated alkanes) is 2. The Morgan fingerprint density at radius 3 is 2.88 bits per heavy atom. The van der Waals surface area contributed by atoms with E-state index in [-0.39, 0.29) is 5.92 Å². The molecule has 0 saturated heterocycles. The molecule has 0 bridgehead atoms. The number of hydrogen-bond donors (Lipinski definition) is 2. The van der Waals surface area contributed by atoms with E-state index in [0.29, 0.717) is 0 Å². The lowest BCUT2D eigenvalue weighted by Gasteiger charge is -2.18. The van der Waals surface area contributed by atoms with Crippen LogP contribution in [0.4, 0.5) is 5.69 Å². The summed E-state index contributed by atoms with van der Waals surface area (Å²) in [5, 5.41) is 6.95. The van der Waals surface area contributed by atoms with E-state index in [1.165, 1.54) is 30.5 Å². The first kappa shape index (κ1) is 17.5. The maximum absolute atomic E-state index is 4.61. The van der Waals surface area contributed by atoms with Crippen molar-refractivity contribution < 1.29 is 0 Å². The van der Waals surface area contributed by atoms with Crippen molar-refractivity contribution in [3.63, 3.8) is 0 Å². The molecule has 1 unspecified atom stereocenters. The van der Waals surface area contributed by atoms with Crippen LogP contribution >= 0.6 is 0 Å². The Balaban J connectivity index is 1.78. The van der Waals surface area contributed by atoms with Crippen molar-refractivity contribution in [1.82, 2.24) is 10.3 Å². The minimum absolute atomic E-state index is 0.225. The first-order valence-corrected chi connectivity index (χ1v) is 9.39. The van der Waals surface area contributed by atoms with Gasteiger partial charge in [-0.25, -0.2) is 0 Å². The van der Waals surface area contributed by atoms with Crippen LogP contribution in [0.3, 0.4) is 0 Å². The van der Waals surface area contributed by atoms with Gasteiger partial charge in [0.15, 0.2) is 0 Å². The molecule has 25 heavy (non-hydrogen) atoms. The van der Waals surface area contributed by atoms with E-state index in [9.17, 15) is 0 Å². The van der Waals surface area contributed by atoms with Crippen LogP contribution in [0.25, 0.3) is 0 Å². The minimum atomic E-state index is 0.225. The number of aromatic nitrogens is 1. The zero-order valence-corrected chi connectivity index (χ0v) is 15.0. The maximum atomic E-state index is 4.61. The summed E-state index contributed by atoms with van der Waals surface area (Å²) in [6.45, 7) is 5.09. The predicted octanol–water partition coefficient (Wildman–Crippen LogP) is 4.21. The second kappa shape index (κ2) is 9.21. The highest BCUT2D eigenvalue weighted by atomic mass is 15.1. The summed E-state index contributed by atoms with van der Waals surface area (Å²) < 4.78 is 0. The Bertz CT molecular complexity index is 681. The number of amidine groups is 1. The fourth-order valence-corrected chi connectivity index (χ4v) is 3.23. The standard InChI is InChI=1S/C21H28N4/c1-2-3-5-11-22-18-9-7-8-17(15-18)19(16-21-24-13-14-25-21)20-10-4-6-12-23-20/h4,6-10,12,15,19,22H,2-3,5,11,13-14,16H2,1H3,(H,24,25). The van der Waals surface area contributed by atoms with E-state index in [4.69, 9.17) is 0 Å². The zero-order chi connectivity index (χ0) is 17.3. The van der Waals surface area contributed by atoms with Crippen LogP contribution in [0.2, 0.25) is 0 Å². The third-order valence-corrected chi connectivity index (χ3v) is 4.58. The van der Waals surface area contributed by atoms with Crippen LogP contribution in [0.5, 0.6) is 0 Å². The fourth-order valence-electron chi connectivity index (χ4n) is 3.23. The molecule has 3 rings (SSSR count). The molecule has 1 aromatic heterocycles. The van der Waals surface area contributed by atoms with Gasteiger partial charge in [0.25, 0.3) is 0 Å². The van der Waals surface area contributed by atoms with E-state index in [1.54, 1.807) is 0 Å². The molecule has 1 aliphatic rings. The van der Waals surface area contributed by atoms with Crippen molar-refractivity contribution >= 4 is 11.5 Å². The minimum Gasteiger partial charge on any atom is -0.385 e. The molecule has 4 heteroatoms. The highest BCUT2D eigenvalue weighted by molar-refractivity contribution is 5.84. The molecule has 1 aromatic carbocycles. The number of benzene rings is 1. The third-order valence-electron chi connectivity index (χ3n) is 4.58. The number of anilines is 1. The number of rotatable bonds is 9. The van der Waals surface area contributed by atoms with Crippen molar-refractivity contribution in [2.75, 3.05) is 25.0 Å². The van der Waals surface area contributed by atoms with Crippen molar-refractivity contribution in [2.45, 2.75) is 38.5 Å². The molecule has 2 aromatic rings. The molecular formula is C21H28N4. The van der Waals surface area contributed by atoms with Crippen molar-refractivity contribution in [1.29, 1.82) is 0 Å². The predicted molar refractivity (Wildman–Crippen MR) is 105 cm³/mol. The Kier molecular flexibility index (Phi) is 6.43. The maximum Gasteiger partial charge on any atom is 0.0974 e. The van der Waals surface area contributed by atoms with Gasteiger partial charge in [0.05, 0.1) is 12.4 Å². The lowest BCUT2D eigenvalue weighted by atomic mass is 9.91. The van der Waals surface area contributed by atoms with E-state index >= 15 is 0 Å². The van der Waals surface area contributed by atoms with Gasteiger partial charge >= 0.3 is 0 Å². The Hall–Kier alpha value is -2.36. The van der Waals surface area contributed by atoms with Gasteiger partial charge in [0, 0.05) is 43.0 Å². The number of pyridine rings is 1. The average molecular weight is 336 g/mol. The fraction of sp³-hybridized carbons (Fsp3) is 0.429. The second-order valence-electron chi connectivity index (χ2n) is 6.53. The molecule has 1 atom stereocenters. The third kappa shape index (κ3) is 5.05. The molecule has 0 spiro atoms. The van der Waals surface area contributed by atoms with Crippen LogP contribution in [-0.4, -0.2) is 30.5 Å². The number of hydrogen-bond acceptors (Lipinski definition) is 4. The molecule has 0 radical (unpaired) electrons. The van der Waals surface area contributed by atoms with E-state index in [2.05, 4.69) is 63.9 Å². The first-order chi connectivity index (χ1) is 12.4. The van der Waals surface area contributed by atoms with Gasteiger partial charge < -0.3 is 10.6 Å². The molecule has 132 valence electrons. The lowest BCUT2D eigenvalue weighted by Crippen LogP contribution is -2.21. The number of aliphatic imine (C=N–C) groups is 1. The molecule has 1 aliphatic heterocycles. The van der Waals surface area contributed by atoms with Gasteiger partial charge in [-0.15, -0.1) is 0 Å². The normalized spacial score (nSPS) is 14.7. The van der Waals surface area contributed by atoms with Gasteiger partial charge in [-0.05, 0) is 36.2 Å². The van der Waals surface area contributed by atoms with Gasteiger partial charge in [-0.2, -0.15) is 0 Å². The Morgan fingerprint density at radius 1 is 1.16 bits per heavy atom. The van der Waals surface area contributed by atoms with Gasteiger partial charge in [-0.1, -0.05) is 38.0 Å². The van der Waals surface area contributed by atoms with Crippen molar-refractivity contribution in [2.24, 2.45) is 4.99 Å². The molecule has 0 amide bonds. The summed E-state index contributed by atoms with van der Waals surface area (Å²) in [6.07, 6.45) is 6.48. The van der Waals surface area contributed by atoms with E-state index in [1.807, 2.05) is 12.3 Å². The molecule has 0 saturated carbocycles. The smallest absolute Gasteiger partial charge is 0.0974 e. The zero-order valence-electron chi connectivity index (χ0n) is 15.0. The molecular weight excluding hydrogens is 308 g/mol. The SMILES string of the molecule is CCCCCNc1cccc(C(CC2=NCCN2)c2ccccn2)c1. The monoisotopic (exact) mass is 336 g/mol. The Morgan fingerprint density at radius 2 is 2.12 bits per heavy atom. The van der Waals surface area contributed by atoms with Crippen LogP contribution in [0, 0.1) is 0 Å². The quantitative estimate of drug-likeness (QED) is 0.675. The molecule has 0 fully saturated rings. The van der Waals surface area contributed by atoms with Crippen LogP contribution in [0.1, 0.15) is 49.8 Å². The molecule has 2 heterocycles. The highest BCUT2D eigenvalue weighted by Crippen LogP contribution is 2.29. The van der Waals surface area contributed by atoms with Crippen molar-refractivity contribution in [3.05, 3.63) is 59.9 Å². The van der Waals surface area contributed by atoms with Gasteiger partial charge in [0.2, 0.25) is 0 Å². The van der Waals surface area contributed by atoms with Crippen LogP contribution < -0.4 is 10.6 Å². The first-order valence-electron chi connectivity index (χ1n) is 9.39. The van der Waals surface area contributed by atoms with Gasteiger partial charge in [-0.3, -0.25) is 9.98 Å². The molecule has 4 nitrogen and oxygen atoms in total. The highest BCUT2D eigenvalue weighted by Gasteiger charge is 2.20. The summed E-state index contributed by atoms with van der Waals surface area (Å²) in [4.78, 5) is 9.19. The van der Waals surface area contributed by atoms with E-state index < -0.39 is 0 Å². The lowest BCUT2D eigenvalue weighted by molar-refractivity contribution is 0.743. The van der Waals surface area contributed by atoms with Gasteiger partial charge in [0.1, 0.15) is 0 Å². The largest absolute Gasteiger partial charge is 0.385 e. The second-order valence-corrected chi connectivity index (χ2v) is 6.53. The number of nitrogens with one attached hydrogen (secondary N) is 2. The molecule has 0 aliphatic carbocycles. The van der Waals surface area contributed by atoms with Crippen molar-refractivity contribution in [3.8, 4) is 0 Å². The summed E-state index contributed by atoms with van der Waals surface area (Å²) in [5.74, 6) is 1.32. The summed E-state index contributed by atoms with van der Waals surface area (Å²) >= 11 is 0. The van der Waals surface area contributed by atoms with Crippen LogP contribution in [-0.2, 0) is 0 Å².